The lowest BCUT2D eigenvalue weighted by Crippen LogP contribution is -2.20. The van der Waals surface area contributed by atoms with Gasteiger partial charge < -0.3 is 15.4 Å². The average Bonchev–Trinajstić information content (AvgIpc) is 2.73. The predicted octanol–water partition coefficient (Wildman–Crippen LogP) is 6.11. The van der Waals surface area contributed by atoms with Crippen molar-refractivity contribution in [2.45, 2.75) is 19.8 Å². The van der Waals surface area contributed by atoms with E-state index in [0.717, 1.165) is 20.1 Å². The number of carbonyl (C=O) groups is 2. The minimum absolute atomic E-state index is 0.0514. The fourth-order valence-electron chi connectivity index (χ4n) is 2.97. The minimum atomic E-state index is -0.270. The van der Waals surface area contributed by atoms with Crippen LogP contribution in [-0.2, 0) is 16.0 Å². The Kier molecular flexibility index (Phi) is 8.26. The van der Waals surface area contributed by atoms with Crippen molar-refractivity contribution in [2.75, 3.05) is 17.2 Å². The van der Waals surface area contributed by atoms with Gasteiger partial charge in [-0.25, -0.2) is 0 Å². The normalized spacial score (nSPS) is 10.4. The standard InChI is InChI=1S/C24H22Br2N2O3/c1-16-13-18(25)14-21(26)24(16)31-15-23(30)28-20-10-8-19(9-11-20)27-22(29)12-7-17-5-3-2-4-6-17/h2-6,8-11,13-14H,7,12,15H2,1H3,(H,27,29)(H,28,30). The molecule has 7 heteroatoms. The number of nitrogens with one attached hydrogen (secondary N) is 2. The number of ether oxygens (including phenoxy) is 1. The van der Waals surface area contributed by atoms with Gasteiger partial charge in [0.1, 0.15) is 5.75 Å². The number of carbonyl (C=O) groups excluding carboxylic acids is 2. The van der Waals surface area contributed by atoms with Crippen molar-refractivity contribution in [3.8, 4) is 5.75 Å². The van der Waals surface area contributed by atoms with Gasteiger partial charge in [0.15, 0.2) is 6.61 Å². The largest absolute Gasteiger partial charge is 0.482 e. The summed E-state index contributed by atoms with van der Waals surface area (Å²) < 4.78 is 7.37. The van der Waals surface area contributed by atoms with Crippen LogP contribution >= 0.6 is 31.9 Å². The molecule has 2 amide bonds. The molecule has 0 aromatic heterocycles. The number of hydrogen-bond acceptors (Lipinski definition) is 3. The number of anilines is 2. The van der Waals surface area contributed by atoms with Crippen molar-refractivity contribution in [2.24, 2.45) is 0 Å². The van der Waals surface area contributed by atoms with E-state index in [-0.39, 0.29) is 18.4 Å². The van der Waals surface area contributed by atoms with Crippen molar-refractivity contribution in [3.05, 3.63) is 86.8 Å². The monoisotopic (exact) mass is 544 g/mol. The number of halogens is 2. The summed E-state index contributed by atoms with van der Waals surface area (Å²) in [7, 11) is 0. The molecule has 0 unspecified atom stereocenters. The Labute approximate surface area is 198 Å². The molecular weight excluding hydrogens is 524 g/mol. The Morgan fingerprint density at radius 3 is 2.10 bits per heavy atom. The Balaban J connectivity index is 1.46. The summed E-state index contributed by atoms with van der Waals surface area (Å²) in [6, 6.07) is 20.7. The van der Waals surface area contributed by atoms with E-state index in [0.29, 0.717) is 30.0 Å². The molecule has 31 heavy (non-hydrogen) atoms. The van der Waals surface area contributed by atoms with Crippen LogP contribution in [0.1, 0.15) is 17.5 Å². The minimum Gasteiger partial charge on any atom is -0.482 e. The number of hydrogen-bond donors (Lipinski definition) is 2. The third-order valence-corrected chi connectivity index (χ3v) is 5.52. The second-order valence-corrected chi connectivity index (χ2v) is 8.75. The number of aryl methyl sites for hydroxylation is 2. The molecule has 0 spiro atoms. The molecule has 0 radical (unpaired) electrons. The highest BCUT2D eigenvalue weighted by atomic mass is 79.9. The molecule has 0 aliphatic rings. The van der Waals surface area contributed by atoms with Gasteiger partial charge in [-0.1, -0.05) is 46.3 Å². The second kappa shape index (κ2) is 11.1. The molecule has 3 rings (SSSR count). The molecule has 2 N–H and O–H groups in total. The maximum absolute atomic E-state index is 12.2. The van der Waals surface area contributed by atoms with E-state index in [1.807, 2.05) is 49.4 Å². The molecule has 0 heterocycles. The van der Waals surface area contributed by atoms with Gasteiger partial charge in [0, 0.05) is 22.3 Å². The summed E-state index contributed by atoms with van der Waals surface area (Å²) in [4.78, 5) is 24.4. The summed E-state index contributed by atoms with van der Waals surface area (Å²) in [6.45, 7) is 1.80. The lowest BCUT2D eigenvalue weighted by molar-refractivity contribution is -0.118. The zero-order valence-corrected chi connectivity index (χ0v) is 20.1. The van der Waals surface area contributed by atoms with Crippen LogP contribution in [0.15, 0.2) is 75.7 Å². The van der Waals surface area contributed by atoms with Crippen molar-refractivity contribution in [1.29, 1.82) is 0 Å². The lowest BCUT2D eigenvalue weighted by atomic mass is 10.1. The van der Waals surface area contributed by atoms with Crippen LogP contribution in [0.2, 0.25) is 0 Å². The van der Waals surface area contributed by atoms with Crippen LogP contribution in [0.3, 0.4) is 0 Å². The first-order valence-corrected chi connectivity index (χ1v) is 11.3. The van der Waals surface area contributed by atoms with Crippen LogP contribution in [0.25, 0.3) is 0 Å². The highest BCUT2D eigenvalue weighted by Crippen LogP contribution is 2.32. The van der Waals surface area contributed by atoms with E-state index in [1.165, 1.54) is 0 Å². The molecule has 160 valence electrons. The molecule has 0 saturated carbocycles. The Hall–Kier alpha value is -2.64. The molecule has 0 atom stereocenters. The van der Waals surface area contributed by atoms with Crippen molar-refractivity contribution >= 4 is 55.0 Å². The highest BCUT2D eigenvalue weighted by molar-refractivity contribution is 9.11. The first-order valence-electron chi connectivity index (χ1n) is 9.73. The van der Waals surface area contributed by atoms with Gasteiger partial charge in [-0.05, 0) is 76.8 Å². The Bertz CT molecular complexity index is 1030. The third kappa shape index (κ3) is 7.22. The van der Waals surface area contributed by atoms with Gasteiger partial charge in [0.05, 0.1) is 4.47 Å². The summed E-state index contributed by atoms with van der Waals surface area (Å²) >= 11 is 6.87. The van der Waals surface area contributed by atoms with Crippen LogP contribution in [0.4, 0.5) is 11.4 Å². The quantitative estimate of drug-likeness (QED) is 0.359. The van der Waals surface area contributed by atoms with Crippen LogP contribution in [0.5, 0.6) is 5.75 Å². The number of amides is 2. The molecular formula is C24H22Br2N2O3. The summed E-state index contributed by atoms with van der Waals surface area (Å²) in [5.74, 6) is 0.310. The molecule has 0 bridgehead atoms. The van der Waals surface area contributed by atoms with E-state index in [9.17, 15) is 9.59 Å². The van der Waals surface area contributed by atoms with Gasteiger partial charge >= 0.3 is 0 Å². The predicted molar refractivity (Wildman–Crippen MR) is 131 cm³/mol. The van der Waals surface area contributed by atoms with Crippen LogP contribution in [0, 0.1) is 6.92 Å². The zero-order valence-electron chi connectivity index (χ0n) is 17.0. The summed E-state index contributed by atoms with van der Waals surface area (Å²) in [5, 5.41) is 5.66. The highest BCUT2D eigenvalue weighted by Gasteiger charge is 2.10. The van der Waals surface area contributed by atoms with E-state index >= 15 is 0 Å². The number of rotatable bonds is 8. The first kappa shape index (κ1) is 23.0. The zero-order chi connectivity index (χ0) is 22.2. The Morgan fingerprint density at radius 2 is 1.48 bits per heavy atom. The smallest absolute Gasteiger partial charge is 0.262 e. The number of benzene rings is 3. The van der Waals surface area contributed by atoms with Crippen molar-refractivity contribution in [1.82, 2.24) is 0 Å². The van der Waals surface area contributed by atoms with Gasteiger partial charge in [0.25, 0.3) is 5.91 Å². The van der Waals surface area contributed by atoms with Gasteiger partial charge in [-0.15, -0.1) is 0 Å². The second-order valence-electron chi connectivity index (χ2n) is 6.98. The van der Waals surface area contributed by atoms with Crippen LogP contribution in [-0.4, -0.2) is 18.4 Å². The lowest BCUT2D eigenvalue weighted by Gasteiger charge is -2.12. The summed E-state index contributed by atoms with van der Waals surface area (Å²) in [5.41, 5.74) is 3.36. The molecule has 0 saturated heterocycles. The van der Waals surface area contributed by atoms with Gasteiger partial charge in [-0.2, -0.15) is 0 Å². The molecule has 0 aliphatic heterocycles. The van der Waals surface area contributed by atoms with Crippen molar-refractivity contribution in [3.63, 3.8) is 0 Å². The SMILES string of the molecule is Cc1cc(Br)cc(Br)c1OCC(=O)Nc1ccc(NC(=O)CCc2ccccc2)cc1. The maximum Gasteiger partial charge on any atom is 0.262 e. The first-order chi connectivity index (χ1) is 14.9. The van der Waals surface area contributed by atoms with E-state index < -0.39 is 0 Å². The molecule has 3 aromatic carbocycles. The fraction of sp³-hybridized carbons (Fsp3) is 0.167. The summed E-state index contributed by atoms with van der Waals surface area (Å²) in [6.07, 6.45) is 1.10. The van der Waals surface area contributed by atoms with E-state index in [4.69, 9.17) is 4.74 Å². The third-order valence-electron chi connectivity index (χ3n) is 4.48. The van der Waals surface area contributed by atoms with Crippen LogP contribution < -0.4 is 15.4 Å². The average molecular weight is 546 g/mol. The van der Waals surface area contributed by atoms with Gasteiger partial charge in [-0.3, -0.25) is 9.59 Å². The fourth-order valence-corrected chi connectivity index (χ4v) is 4.52. The molecule has 5 nitrogen and oxygen atoms in total. The van der Waals surface area contributed by atoms with E-state index in [1.54, 1.807) is 24.3 Å². The van der Waals surface area contributed by atoms with Crippen molar-refractivity contribution < 1.29 is 14.3 Å². The van der Waals surface area contributed by atoms with Gasteiger partial charge in [0.2, 0.25) is 5.91 Å². The molecule has 3 aromatic rings. The topological polar surface area (TPSA) is 67.4 Å². The molecule has 0 fully saturated rings. The molecule has 0 aliphatic carbocycles. The van der Waals surface area contributed by atoms with E-state index in [2.05, 4.69) is 42.5 Å². The maximum atomic E-state index is 12.2. The Morgan fingerprint density at radius 1 is 0.871 bits per heavy atom.